The number of anilines is 2. The van der Waals surface area contributed by atoms with E-state index in [1.165, 1.54) is 4.90 Å². The molecule has 4 rings (SSSR count). The monoisotopic (exact) mass is 516 g/mol. The predicted octanol–water partition coefficient (Wildman–Crippen LogP) is 3.98. The van der Waals surface area contributed by atoms with Crippen LogP contribution < -0.4 is 21.7 Å². The number of carbonyl (C=O) groups is 3. The molecule has 0 radical (unpaired) electrons. The quantitative estimate of drug-likeness (QED) is 0.353. The number of nitrogen functional groups attached to an aromatic ring is 1. The summed E-state index contributed by atoms with van der Waals surface area (Å²) in [7, 11) is 0. The largest absolute Gasteiger partial charge is 0.395 e. The van der Waals surface area contributed by atoms with Gasteiger partial charge in [0.25, 0.3) is 11.8 Å². The SMILES string of the molecule is Cc1ccc(N(C(=O)c2snc(C(N)=O)c2N)C(C(=O)NC(C)(C)C)c2ccc3ncccc3c2)cc1. The van der Waals surface area contributed by atoms with Crippen LogP contribution in [0.2, 0.25) is 0 Å². The maximum atomic E-state index is 14.1. The van der Waals surface area contributed by atoms with Crippen molar-refractivity contribution in [2.24, 2.45) is 5.73 Å². The van der Waals surface area contributed by atoms with Crippen LogP contribution in [0.15, 0.2) is 60.8 Å². The Morgan fingerprint density at radius 1 is 1.05 bits per heavy atom. The number of nitrogens with two attached hydrogens (primary N) is 2. The second-order valence-corrected chi connectivity index (χ2v) is 10.5. The van der Waals surface area contributed by atoms with Gasteiger partial charge in [0.1, 0.15) is 10.9 Å². The standard InChI is InChI=1S/C27H28N6O3S/c1-15-7-10-18(11-8-15)33(26(36)23-20(28)21(24(29)34)32-37-23)22(25(35)31-27(2,3)4)17-9-12-19-16(14-17)6-5-13-30-19/h5-14,22H,28H2,1-4H3,(H2,29,34)(H,31,35). The third-order valence-corrected chi connectivity index (χ3v) is 6.49. The van der Waals surface area contributed by atoms with Crippen LogP contribution in [0.1, 0.15) is 58.1 Å². The van der Waals surface area contributed by atoms with Gasteiger partial charge < -0.3 is 16.8 Å². The van der Waals surface area contributed by atoms with Crippen LogP contribution in [0, 0.1) is 6.92 Å². The Balaban J connectivity index is 1.94. The molecule has 0 saturated heterocycles. The van der Waals surface area contributed by atoms with E-state index >= 15 is 0 Å². The smallest absolute Gasteiger partial charge is 0.273 e. The highest BCUT2D eigenvalue weighted by Gasteiger charge is 2.37. The van der Waals surface area contributed by atoms with E-state index in [-0.39, 0.29) is 22.2 Å². The van der Waals surface area contributed by atoms with E-state index in [0.29, 0.717) is 11.3 Å². The lowest BCUT2D eigenvalue weighted by Gasteiger charge is -2.33. The first-order chi connectivity index (χ1) is 17.5. The van der Waals surface area contributed by atoms with Crippen molar-refractivity contribution in [3.8, 4) is 0 Å². The highest BCUT2D eigenvalue weighted by Crippen LogP contribution is 2.34. The van der Waals surface area contributed by atoms with Gasteiger partial charge in [-0.05, 0) is 75.1 Å². The number of aryl methyl sites for hydroxylation is 1. The summed E-state index contributed by atoms with van der Waals surface area (Å²) in [6, 6.07) is 15.3. The van der Waals surface area contributed by atoms with E-state index in [4.69, 9.17) is 11.5 Å². The van der Waals surface area contributed by atoms with Crippen molar-refractivity contribution in [2.75, 3.05) is 10.6 Å². The van der Waals surface area contributed by atoms with Crippen molar-refractivity contribution in [2.45, 2.75) is 39.3 Å². The molecule has 37 heavy (non-hydrogen) atoms. The lowest BCUT2D eigenvalue weighted by Crippen LogP contribution is -2.49. The molecule has 0 saturated carbocycles. The zero-order valence-electron chi connectivity index (χ0n) is 21.0. The van der Waals surface area contributed by atoms with E-state index in [0.717, 1.165) is 28.0 Å². The van der Waals surface area contributed by atoms with Crippen LogP contribution >= 0.6 is 11.5 Å². The molecule has 0 aliphatic heterocycles. The number of benzene rings is 2. The molecular weight excluding hydrogens is 488 g/mol. The lowest BCUT2D eigenvalue weighted by atomic mass is 9.98. The van der Waals surface area contributed by atoms with Crippen LogP contribution in [-0.2, 0) is 4.79 Å². The molecule has 0 fully saturated rings. The topological polar surface area (TPSA) is 144 Å². The Labute approximate surface area is 218 Å². The van der Waals surface area contributed by atoms with Crippen molar-refractivity contribution < 1.29 is 14.4 Å². The maximum Gasteiger partial charge on any atom is 0.273 e. The van der Waals surface area contributed by atoms with Gasteiger partial charge in [-0.25, -0.2) is 0 Å². The van der Waals surface area contributed by atoms with Gasteiger partial charge >= 0.3 is 0 Å². The fraction of sp³-hybridized carbons (Fsp3) is 0.222. The van der Waals surface area contributed by atoms with Gasteiger partial charge in [0.15, 0.2) is 5.69 Å². The molecule has 190 valence electrons. The molecule has 2 aromatic heterocycles. The van der Waals surface area contributed by atoms with Crippen LogP contribution in [0.3, 0.4) is 0 Å². The van der Waals surface area contributed by atoms with E-state index in [1.807, 2.05) is 64.1 Å². The molecular formula is C27H28N6O3S. The maximum absolute atomic E-state index is 14.1. The number of hydrogen-bond donors (Lipinski definition) is 3. The summed E-state index contributed by atoms with van der Waals surface area (Å²) < 4.78 is 3.99. The molecule has 5 N–H and O–H groups in total. The summed E-state index contributed by atoms with van der Waals surface area (Å²) in [6.45, 7) is 7.52. The minimum Gasteiger partial charge on any atom is -0.395 e. The van der Waals surface area contributed by atoms with E-state index in [9.17, 15) is 14.4 Å². The molecule has 4 aromatic rings. The number of rotatable bonds is 6. The summed E-state index contributed by atoms with van der Waals surface area (Å²) in [5.41, 5.74) is 13.4. The van der Waals surface area contributed by atoms with Gasteiger partial charge in [-0.15, -0.1) is 0 Å². The minimum atomic E-state index is -1.07. The minimum absolute atomic E-state index is 0.0189. The fourth-order valence-electron chi connectivity index (χ4n) is 3.95. The first-order valence-electron chi connectivity index (χ1n) is 11.6. The summed E-state index contributed by atoms with van der Waals surface area (Å²) >= 11 is 0.770. The van der Waals surface area contributed by atoms with Crippen LogP contribution in [-0.4, -0.2) is 32.6 Å². The summed E-state index contributed by atoms with van der Waals surface area (Å²) in [6.07, 6.45) is 1.69. The number of amides is 3. The molecule has 0 spiro atoms. The Bertz CT molecular complexity index is 1490. The van der Waals surface area contributed by atoms with Gasteiger partial charge in [-0.1, -0.05) is 29.8 Å². The van der Waals surface area contributed by atoms with E-state index in [2.05, 4.69) is 14.7 Å². The molecule has 0 aliphatic carbocycles. The zero-order valence-corrected chi connectivity index (χ0v) is 21.8. The first kappa shape index (κ1) is 25.8. The third-order valence-electron chi connectivity index (χ3n) is 5.63. The second kappa shape index (κ2) is 9.98. The second-order valence-electron chi connectivity index (χ2n) is 9.75. The first-order valence-corrected chi connectivity index (χ1v) is 12.4. The van der Waals surface area contributed by atoms with Crippen molar-refractivity contribution in [3.05, 3.63) is 82.5 Å². The van der Waals surface area contributed by atoms with Crippen molar-refractivity contribution in [3.63, 3.8) is 0 Å². The van der Waals surface area contributed by atoms with E-state index in [1.54, 1.807) is 24.4 Å². The van der Waals surface area contributed by atoms with Gasteiger partial charge in [-0.3, -0.25) is 24.3 Å². The molecule has 10 heteroatoms. The summed E-state index contributed by atoms with van der Waals surface area (Å²) in [4.78, 5) is 45.5. The van der Waals surface area contributed by atoms with Gasteiger partial charge in [-0.2, -0.15) is 4.37 Å². The molecule has 1 atom stereocenters. The highest BCUT2D eigenvalue weighted by molar-refractivity contribution is 7.09. The summed E-state index contributed by atoms with van der Waals surface area (Å²) in [5.74, 6) is -1.80. The molecule has 2 heterocycles. The average Bonchev–Trinajstić information content (AvgIpc) is 3.23. The van der Waals surface area contributed by atoms with Crippen molar-refractivity contribution in [1.29, 1.82) is 0 Å². The third kappa shape index (κ3) is 5.44. The number of hydrogen-bond acceptors (Lipinski definition) is 7. The molecule has 1 unspecified atom stereocenters. The number of fused-ring (bicyclic) bond motifs is 1. The Morgan fingerprint density at radius 3 is 2.38 bits per heavy atom. The molecule has 9 nitrogen and oxygen atoms in total. The number of pyridine rings is 1. The Hall–Kier alpha value is -4.31. The van der Waals surface area contributed by atoms with Crippen molar-refractivity contribution >= 4 is 51.5 Å². The average molecular weight is 517 g/mol. The predicted molar refractivity (Wildman–Crippen MR) is 145 cm³/mol. The number of nitrogens with zero attached hydrogens (tertiary/aromatic N) is 3. The Kier molecular flexibility index (Phi) is 6.95. The zero-order chi connectivity index (χ0) is 26.9. The highest BCUT2D eigenvalue weighted by atomic mass is 32.1. The molecule has 3 amide bonds. The molecule has 2 aromatic carbocycles. The number of carbonyl (C=O) groups excluding carboxylic acids is 3. The molecule has 0 aliphatic rings. The number of nitrogens with one attached hydrogen (secondary N) is 1. The van der Waals surface area contributed by atoms with Gasteiger partial charge in [0.05, 0.1) is 11.2 Å². The van der Waals surface area contributed by atoms with Gasteiger partial charge in [0, 0.05) is 22.8 Å². The van der Waals surface area contributed by atoms with Crippen LogP contribution in [0.4, 0.5) is 11.4 Å². The van der Waals surface area contributed by atoms with Crippen LogP contribution in [0.25, 0.3) is 10.9 Å². The summed E-state index contributed by atoms with van der Waals surface area (Å²) in [5, 5.41) is 3.82. The fourth-order valence-corrected chi connectivity index (χ4v) is 4.69. The van der Waals surface area contributed by atoms with Crippen LogP contribution in [0.5, 0.6) is 0 Å². The normalized spacial score (nSPS) is 12.2. The van der Waals surface area contributed by atoms with Gasteiger partial charge in [0.2, 0.25) is 5.91 Å². The van der Waals surface area contributed by atoms with Crippen molar-refractivity contribution in [1.82, 2.24) is 14.7 Å². The number of aromatic nitrogens is 2. The molecule has 0 bridgehead atoms. The lowest BCUT2D eigenvalue weighted by molar-refractivity contribution is -0.123. The number of primary amides is 1. The Morgan fingerprint density at radius 2 is 1.76 bits per heavy atom. The van der Waals surface area contributed by atoms with E-state index < -0.39 is 23.4 Å².